The zero-order valence-corrected chi connectivity index (χ0v) is 17.7. The lowest BCUT2D eigenvalue weighted by atomic mass is 10.2. The number of amides is 2. The highest BCUT2D eigenvalue weighted by atomic mass is 32.2. The van der Waals surface area contributed by atoms with E-state index in [0.717, 1.165) is 11.8 Å². The smallest absolute Gasteiger partial charge is 0.255 e. The Kier molecular flexibility index (Phi) is 5.59. The molecule has 0 spiro atoms. The summed E-state index contributed by atoms with van der Waals surface area (Å²) in [6.45, 7) is -13.0. The molecular weight excluding hydrogens is 414 g/mol. The molecule has 2 aromatic carbocycles. The van der Waals surface area contributed by atoms with Crippen molar-refractivity contribution in [3.63, 3.8) is 0 Å². The van der Waals surface area contributed by atoms with Crippen LogP contribution >= 0.6 is 11.8 Å². The maximum Gasteiger partial charge on any atom is 0.255 e. The number of aliphatic hydroxyl groups excluding tert-OH is 1. The van der Waals surface area contributed by atoms with Crippen molar-refractivity contribution < 1.29 is 30.4 Å². The molecule has 8 heteroatoms. The van der Waals surface area contributed by atoms with Gasteiger partial charge >= 0.3 is 0 Å². The highest BCUT2D eigenvalue weighted by Gasteiger charge is 2.24. The summed E-state index contributed by atoms with van der Waals surface area (Å²) in [5, 5.41) is 11.6. The molecule has 1 aliphatic heterocycles. The monoisotopic (exact) mass is 451 g/mol. The molecule has 166 valence electrons. The van der Waals surface area contributed by atoms with Crippen LogP contribution in [0.3, 0.4) is 0 Å². The molecule has 1 fully saturated rings. The number of hydrogen-bond acceptors (Lipinski definition) is 6. The lowest BCUT2D eigenvalue weighted by Crippen LogP contribution is -2.49. The van der Waals surface area contributed by atoms with Gasteiger partial charge in [-0.15, -0.1) is 0 Å². The Balaban J connectivity index is 2.05. The van der Waals surface area contributed by atoms with Crippen LogP contribution in [0.1, 0.15) is 28.2 Å². The van der Waals surface area contributed by atoms with Gasteiger partial charge in [0.2, 0.25) is 5.91 Å². The summed E-state index contributed by atoms with van der Waals surface area (Å²) < 4.78 is 73.2. The largest absolute Gasteiger partial charge is 0.394 e. The minimum absolute atomic E-state index is 0.00973. The maximum atomic E-state index is 13.8. The van der Waals surface area contributed by atoms with Crippen LogP contribution in [-0.4, -0.2) is 79.1 Å². The molecule has 1 heterocycles. The van der Waals surface area contributed by atoms with Gasteiger partial charge in [0, 0.05) is 54.7 Å². The van der Waals surface area contributed by atoms with Crippen LogP contribution in [0.15, 0.2) is 58.3 Å². The first-order valence-corrected chi connectivity index (χ1v) is 10.4. The SMILES string of the molecule is [2H]C1([2H])N(CCOCCO)C([2H])([2H])C([2H])([2H])N(C(=O)c2ccccc2Sc2ccccc2NC(C)=O)C1([2H])[2H]. The molecule has 0 unspecified atom stereocenters. The maximum absolute atomic E-state index is 13.8. The first-order chi connectivity index (χ1) is 18.1. The average molecular weight is 452 g/mol. The molecule has 2 aromatic rings. The quantitative estimate of drug-likeness (QED) is 0.571. The van der Waals surface area contributed by atoms with Gasteiger partial charge in [0.1, 0.15) is 0 Å². The normalized spacial score (nSPS) is 24.8. The van der Waals surface area contributed by atoms with Crippen molar-refractivity contribution in [1.29, 1.82) is 0 Å². The number of aliphatic hydroxyl groups is 1. The van der Waals surface area contributed by atoms with Crippen LogP contribution in [0, 0.1) is 0 Å². The second kappa shape index (κ2) is 11.9. The van der Waals surface area contributed by atoms with Crippen molar-refractivity contribution in [3.8, 4) is 0 Å². The summed E-state index contributed by atoms with van der Waals surface area (Å²) in [5.41, 5.74) is 0.270. The first kappa shape index (κ1) is 14.6. The van der Waals surface area contributed by atoms with Gasteiger partial charge in [0.05, 0.1) is 36.6 Å². The van der Waals surface area contributed by atoms with Crippen LogP contribution < -0.4 is 5.32 Å². The number of hydrogen-bond donors (Lipinski definition) is 2. The fourth-order valence-electron chi connectivity index (χ4n) is 2.63. The Hall–Kier alpha value is -2.39. The number of nitrogens with one attached hydrogen (secondary N) is 1. The number of piperazine rings is 1. The molecule has 1 aliphatic rings. The Morgan fingerprint density at radius 2 is 1.74 bits per heavy atom. The van der Waals surface area contributed by atoms with Gasteiger partial charge in [-0.2, -0.15) is 0 Å². The molecule has 0 bridgehead atoms. The average Bonchev–Trinajstić information content (AvgIpc) is 2.83. The van der Waals surface area contributed by atoms with Crippen LogP contribution in [-0.2, 0) is 9.53 Å². The van der Waals surface area contributed by atoms with E-state index in [1.807, 2.05) is 0 Å². The number of carbonyl (C=O) groups is 2. The Bertz CT molecular complexity index is 1190. The van der Waals surface area contributed by atoms with Crippen molar-refractivity contribution in [3.05, 3.63) is 54.1 Å². The topological polar surface area (TPSA) is 82.1 Å². The molecule has 2 amide bonds. The van der Waals surface area contributed by atoms with E-state index >= 15 is 0 Å². The summed E-state index contributed by atoms with van der Waals surface area (Å²) in [4.78, 5) is 26.6. The summed E-state index contributed by atoms with van der Waals surface area (Å²) in [6.07, 6.45) is 0. The second-order valence-corrected chi connectivity index (χ2v) is 7.43. The summed E-state index contributed by atoms with van der Waals surface area (Å²) in [5.74, 6) is -1.58. The molecule has 2 N–H and O–H groups in total. The number of nitrogens with zero attached hydrogens (tertiary/aromatic N) is 2. The summed E-state index contributed by atoms with van der Waals surface area (Å²) in [6, 6.07) is 12.7. The van der Waals surface area contributed by atoms with Gasteiger partial charge < -0.3 is 20.1 Å². The molecule has 3 rings (SSSR count). The molecular formula is C23H29N3O4S. The van der Waals surface area contributed by atoms with Crippen molar-refractivity contribution in [2.75, 3.05) is 57.7 Å². The number of benzene rings is 2. The third-order valence-electron chi connectivity index (χ3n) is 4.03. The molecule has 0 aromatic heterocycles. The number of para-hydroxylation sites is 1. The van der Waals surface area contributed by atoms with E-state index in [1.54, 1.807) is 30.3 Å². The minimum Gasteiger partial charge on any atom is -0.394 e. The van der Waals surface area contributed by atoms with Crippen LogP contribution in [0.5, 0.6) is 0 Å². The van der Waals surface area contributed by atoms with E-state index in [2.05, 4.69) is 5.32 Å². The predicted octanol–water partition coefficient (Wildman–Crippen LogP) is 2.56. The first-order valence-electron chi connectivity index (χ1n) is 13.5. The van der Waals surface area contributed by atoms with Crippen LogP contribution in [0.2, 0.25) is 0 Å². The van der Waals surface area contributed by atoms with Crippen LogP contribution in [0.4, 0.5) is 5.69 Å². The third-order valence-corrected chi connectivity index (χ3v) is 5.18. The summed E-state index contributed by atoms with van der Waals surface area (Å²) >= 11 is 1.05. The molecule has 0 radical (unpaired) electrons. The number of carbonyl (C=O) groups excluding carboxylic acids is 2. The van der Waals surface area contributed by atoms with Gasteiger partial charge in [0.15, 0.2) is 0 Å². The predicted molar refractivity (Wildman–Crippen MR) is 122 cm³/mol. The van der Waals surface area contributed by atoms with E-state index in [4.69, 9.17) is 20.8 Å². The van der Waals surface area contributed by atoms with E-state index in [1.165, 1.54) is 25.1 Å². The standard InChI is InChI=1S/C23H29N3O4S/c1-18(28)24-20-7-3-5-9-22(20)31-21-8-4-2-6-19(21)23(29)26-12-10-25(11-13-26)14-16-30-17-15-27/h2-9,27H,10-17H2,1H3,(H,24,28)/i10D2,11D2,12D2,13D2. The van der Waals surface area contributed by atoms with Gasteiger partial charge in [-0.05, 0) is 24.3 Å². The fraction of sp³-hybridized carbons (Fsp3) is 0.391. The Morgan fingerprint density at radius 3 is 2.45 bits per heavy atom. The van der Waals surface area contributed by atoms with E-state index in [-0.39, 0.29) is 41.1 Å². The number of anilines is 1. The Labute approximate surface area is 198 Å². The van der Waals surface area contributed by atoms with Gasteiger partial charge in [-0.1, -0.05) is 36.0 Å². The van der Waals surface area contributed by atoms with Crippen molar-refractivity contribution in [2.45, 2.75) is 16.7 Å². The van der Waals surface area contributed by atoms with Gasteiger partial charge in [0.25, 0.3) is 5.91 Å². The molecule has 0 atom stereocenters. The van der Waals surface area contributed by atoms with Crippen molar-refractivity contribution >= 4 is 29.3 Å². The highest BCUT2D eigenvalue weighted by molar-refractivity contribution is 7.99. The van der Waals surface area contributed by atoms with Crippen molar-refractivity contribution in [1.82, 2.24) is 9.80 Å². The minimum atomic E-state index is -3.33. The lowest BCUT2D eigenvalue weighted by Gasteiger charge is -2.35. The zero-order valence-electron chi connectivity index (χ0n) is 24.9. The molecule has 31 heavy (non-hydrogen) atoms. The Morgan fingerprint density at radius 1 is 1.06 bits per heavy atom. The highest BCUT2D eigenvalue weighted by Crippen LogP contribution is 2.35. The third kappa shape index (κ3) is 6.80. The molecule has 7 nitrogen and oxygen atoms in total. The molecule has 1 saturated heterocycles. The number of rotatable bonds is 9. The summed E-state index contributed by atoms with van der Waals surface area (Å²) in [7, 11) is 0. The van der Waals surface area contributed by atoms with Crippen molar-refractivity contribution in [2.24, 2.45) is 0 Å². The molecule has 0 aliphatic carbocycles. The van der Waals surface area contributed by atoms with Gasteiger partial charge in [-0.3, -0.25) is 14.5 Å². The van der Waals surface area contributed by atoms with E-state index in [0.29, 0.717) is 15.5 Å². The second-order valence-electron chi connectivity index (χ2n) is 6.35. The number of ether oxygens (including phenoxy) is 1. The zero-order chi connectivity index (χ0) is 29.2. The fourth-order valence-corrected chi connectivity index (χ4v) is 3.66. The van der Waals surface area contributed by atoms with E-state index < -0.39 is 38.4 Å². The molecule has 0 saturated carbocycles. The van der Waals surface area contributed by atoms with Gasteiger partial charge in [-0.25, -0.2) is 0 Å². The lowest BCUT2D eigenvalue weighted by molar-refractivity contribution is -0.114. The van der Waals surface area contributed by atoms with E-state index in [9.17, 15) is 9.59 Å². The van der Waals surface area contributed by atoms with Crippen LogP contribution in [0.25, 0.3) is 0 Å².